The Balaban J connectivity index is 1.50. The number of aromatic nitrogens is 1. The van der Waals surface area contributed by atoms with Crippen molar-refractivity contribution < 1.29 is 13.2 Å². The monoisotopic (exact) mass is 455 g/mol. The summed E-state index contributed by atoms with van der Waals surface area (Å²) in [6.45, 7) is 3.10. The van der Waals surface area contributed by atoms with Crippen LogP contribution in [-0.2, 0) is 14.8 Å². The lowest BCUT2D eigenvalue weighted by molar-refractivity contribution is -0.113. The predicted octanol–water partition coefficient (Wildman–Crippen LogP) is 4.45. The molecule has 1 aliphatic rings. The molecule has 2 heterocycles. The van der Waals surface area contributed by atoms with E-state index in [1.165, 1.54) is 11.8 Å². The number of carbonyl (C=O) groups excluding carboxylic acids is 1. The molecule has 6 nitrogen and oxygen atoms in total. The lowest BCUT2D eigenvalue weighted by Gasteiger charge is -2.26. The number of fused-ring (bicyclic) bond motifs is 1. The molecule has 0 aliphatic carbocycles. The van der Waals surface area contributed by atoms with Crippen LogP contribution < -0.4 is 5.32 Å². The molecule has 1 fully saturated rings. The molecule has 0 spiro atoms. The summed E-state index contributed by atoms with van der Waals surface area (Å²) in [4.78, 5) is 17.1. The third kappa shape index (κ3) is 5.08. The van der Waals surface area contributed by atoms with E-state index < -0.39 is 10.0 Å². The third-order valence-electron chi connectivity index (χ3n) is 5.32. The Bertz CT molecular complexity index is 1190. The normalized spacial score (nSPS) is 15.1. The van der Waals surface area contributed by atoms with Crippen LogP contribution in [0.25, 0.3) is 10.9 Å². The molecule has 0 unspecified atom stereocenters. The Labute approximate surface area is 187 Å². The molecule has 0 bridgehead atoms. The van der Waals surface area contributed by atoms with Crippen molar-refractivity contribution in [2.75, 3.05) is 24.2 Å². The average molecular weight is 456 g/mol. The molecule has 1 aromatic heterocycles. The number of pyridine rings is 1. The number of piperidine rings is 1. The number of amides is 1. The van der Waals surface area contributed by atoms with Crippen LogP contribution in [-0.4, -0.2) is 42.5 Å². The number of sulfonamides is 1. The van der Waals surface area contributed by atoms with Gasteiger partial charge in [0, 0.05) is 24.2 Å². The molecule has 1 amide bonds. The first kappa shape index (κ1) is 21.8. The molecule has 1 saturated heterocycles. The first-order valence-corrected chi connectivity index (χ1v) is 12.8. The maximum atomic E-state index is 13.0. The second-order valence-corrected chi connectivity index (χ2v) is 10.6. The molecule has 4 rings (SSSR count). The van der Waals surface area contributed by atoms with E-state index in [4.69, 9.17) is 0 Å². The van der Waals surface area contributed by atoms with E-state index >= 15 is 0 Å². The highest BCUT2D eigenvalue weighted by Gasteiger charge is 2.26. The lowest BCUT2D eigenvalue weighted by atomic mass is 10.1. The van der Waals surface area contributed by atoms with Crippen LogP contribution >= 0.6 is 11.8 Å². The minimum absolute atomic E-state index is 0.0984. The van der Waals surface area contributed by atoms with E-state index in [-0.39, 0.29) is 11.7 Å². The van der Waals surface area contributed by atoms with Crippen LogP contribution in [0, 0.1) is 6.92 Å². The zero-order valence-corrected chi connectivity index (χ0v) is 19.0. The molecule has 31 heavy (non-hydrogen) atoms. The van der Waals surface area contributed by atoms with E-state index in [2.05, 4.69) is 10.3 Å². The smallest absolute Gasteiger partial charge is 0.243 e. The maximum absolute atomic E-state index is 13.0. The van der Waals surface area contributed by atoms with Crippen LogP contribution in [0.3, 0.4) is 0 Å². The van der Waals surface area contributed by atoms with Gasteiger partial charge in [-0.1, -0.05) is 36.4 Å². The highest BCUT2D eigenvalue weighted by molar-refractivity contribution is 7.99. The van der Waals surface area contributed by atoms with Gasteiger partial charge in [-0.3, -0.25) is 4.79 Å². The minimum Gasteiger partial charge on any atom is -0.325 e. The number of hydrogen-bond donors (Lipinski definition) is 1. The first-order chi connectivity index (χ1) is 14.9. The summed E-state index contributed by atoms with van der Waals surface area (Å²) < 4.78 is 27.6. The van der Waals surface area contributed by atoms with Crippen LogP contribution in [0.4, 0.5) is 5.69 Å². The number of aryl methyl sites for hydroxylation is 1. The van der Waals surface area contributed by atoms with Crippen molar-refractivity contribution in [3.8, 4) is 0 Å². The van der Waals surface area contributed by atoms with Crippen LogP contribution in [0.2, 0.25) is 0 Å². The summed E-state index contributed by atoms with van der Waals surface area (Å²) in [6, 6.07) is 16.3. The van der Waals surface area contributed by atoms with Gasteiger partial charge in [0.25, 0.3) is 0 Å². The number of anilines is 1. The van der Waals surface area contributed by atoms with Crippen molar-refractivity contribution in [1.82, 2.24) is 9.29 Å². The number of nitrogens with zero attached hydrogens (tertiary/aromatic N) is 2. The quantitative estimate of drug-likeness (QED) is 0.556. The van der Waals surface area contributed by atoms with Gasteiger partial charge in [0.05, 0.1) is 21.2 Å². The molecule has 3 aromatic rings. The second-order valence-electron chi connectivity index (χ2n) is 7.62. The molecular weight excluding hydrogens is 430 g/mol. The van der Waals surface area contributed by atoms with Crippen LogP contribution in [0.15, 0.2) is 64.5 Å². The molecular formula is C23H25N3O3S2. The summed E-state index contributed by atoms with van der Waals surface area (Å²) in [5.41, 5.74) is 2.42. The SMILES string of the molecule is Cc1cc(SCC(=O)Nc2ccccc2)nc2ccc(S(=O)(=O)N3CCCCC3)cc12. The number of rotatable bonds is 6. The zero-order chi connectivity index (χ0) is 21.8. The Kier molecular flexibility index (Phi) is 6.60. The minimum atomic E-state index is -3.48. The Morgan fingerprint density at radius 3 is 2.55 bits per heavy atom. The van der Waals surface area contributed by atoms with Gasteiger partial charge in [-0.2, -0.15) is 4.31 Å². The Hall–Kier alpha value is -2.42. The number of thioether (sulfide) groups is 1. The van der Waals surface area contributed by atoms with Crippen molar-refractivity contribution in [3.05, 3.63) is 60.2 Å². The number of para-hydroxylation sites is 1. The van der Waals surface area contributed by atoms with E-state index in [1.54, 1.807) is 22.5 Å². The fourth-order valence-corrected chi connectivity index (χ4v) is 6.01. The van der Waals surface area contributed by atoms with Crippen molar-refractivity contribution in [2.24, 2.45) is 0 Å². The van der Waals surface area contributed by atoms with Gasteiger partial charge in [-0.05, 0) is 61.7 Å². The highest BCUT2D eigenvalue weighted by Crippen LogP contribution is 2.28. The van der Waals surface area contributed by atoms with Gasteiger partial charge in [0.1, 0.15) is 0 Å². The van der Waals surface area contributed by atoms with Gasteiger partial charge in [-0.15, -0.1) is 0 Å². The van der Waals surface area contributed by atoms with Crippen LogP contribution in [0.5, 0.6) is 0 Å². The molecule has 8 heteroatoms. The number of hydrogen-bond acceptors (Lipinski definition) is 5. The summed E-state index contributed by atoms with van der Waals surface area (Å²) in [5, 5.41) is 4.41. The van der Waals surface area contributed by atoms with Crippen LogP contribution in [0.1, 0.15) is 24.8 Å². The van der Waals surface area contributed by atoms with Gasteiger partial charge in [0.2, 0.25) is 15.9 Å². The molecule has 162 valence electrons. The van der Waals surface area contributed by atoms with Gasteiger partial charge in [0.15, 0.2) is 0 Å². The van der Waals surface area contributed by atoms with Crippen molar-refractivity contribution in [2.45, 2.75) is 36.1 Å². The second kappa shape index (κ2) is 9.38. The van der Waals surface area contributed by atoms with Gasteiger partial charge < -0.3 is 5.32 Å². The number of carbonyl (C=O) groups is 1. The summed E-state index contributed by atoms with van der Waals surface area (Å²) in [6.07, 6.45) is 2.90. The van der Waals surface area contributed by atoms with Crippen molar-refractivity contribution in [3.63, 3.8) is 0 Å². The summed E-state index contributed by atoms with van der Waals surface area (Å²) in [7, 11) is -3.48. The van der Waals surface area contributed by atoms with E-state index in [0.29, 0.717) is 18.0 Å². The highest BCUT2D eigenvalue weighted by atomic mass is 32.2. The zero-order valence-electron chi connectivity index (χ0n) is 17.4. The molecule has 0 atom stereocenters. The number of benzene rings is 2. The first-order valence-electron chi connectivity index (χ1n) is 10.3. The number of nitrogens with one attached hydrogen (secondary N) is 1. The lowest BCUT2D eigenvalue weighted by Crippen LogP contribution is -2.35. The van der Waals surface area contributed by atoms with E-state index in [9.17, 15) is 13.2 Å². The molecule has 0 radical (unpaired) electrons. The average Bonchev–Trinajstić information content (AvgIpc) is 2.79. The molecule has 1 N–H and O–H groups in total. The molecule has 1 aliphatic heterocycles. The predicted molar refractivity (Wildman–Crippen MR) is 125 cm³/mol. The Morgan fingerprint density at radius 1 is 1.06 bits per heavy atom. The third-order valence-corrected chi connectivity index (χ3v) is 8.13. The van der Waals surface area contributed by atoms with Crippen molar-refractivity contribution >= 4 is 44.3 Å². The van der Waals surface area contributed by atoms with Crippen molar-refractivity contribution in [1.29, 1.82) is 0 Å². The fraction of sp³-hybridized carbons (Fsp3) is 0.304. The van der Waals surface area contributed by atoms with E-state index in [0.717, 1.165) is 46.4 Å². The fourth-order valence-electron chi connectivity index (χ4n) is 3.69. The topological polar surface area (TPSA) is 79.4 Å². The van der Waals surface area contributed by atoms with E-state index in [1.807, 2.05) is 43.3 Å². The largest absolute Gasteiger partial charge is 0.325 e. The molecule has 0 saturated carbocycles. The summed E-state index contributed by atoms with van der Waals surface area (Å²) in [5.74, 6) is 0.146. The summed E-state index contributed by atoms with van der Waals surface area (Å²) >= 11 is 1.36. The standard InChI is InChI=1S/C23H25N3O3S2/c1-17-14-23(30-16-22(27)24-18-8-4-2-5-9-18)25-21-11-10-19(15-20(17)21)31(28,29)26-12-6-3-7-13-26/h2,4-5,8-11,14-15H,3,6-7,12-13,16H2,1H3,(H,24,27). The maximum Gasteiger partial charge on any atom is 0.243 e. The van der Waals surface area contributed by atoms with Gasteiger partial charge in [-0.25, -0.2) is 13.4 Å². The Morgan fingerprint density at radius 2 is 1.81 bits per heavy atom. The van der Waals surface area contributed by atoms with Gasteiger partial charge >= 0.3 is 0 Å². The molecule has 2 aromatic carbocycles.